The van der Waals surface area contributed by atoms with E-state index in [1.807, 2.05) is 13.8 Å². The molecule has 1 heteroatoms. The molecule has 0 aromatic rings. The maximum atomic E-state index is 10.6. The van der Waals surface area contributed by atoms with Gasteiger partial charge in [0.05, 0.1) is 5.60 Å². The lowest BCUT2D eigenvalue weighted by molar-refractivity contribution is -0.0238. The molecular formula is C22H44O. The second-order valence-electron chi connectivity index (χ2n) is 8.63. The van der Waals surface area contributed by atoms with Gasteiger partial charge in [0.15, 0.2) is 0 Å². The Balaban J connectivity index is 2.08. The molecule has 1 unspecified atom stereocenters. The predicted molar refractivity (Wildman–Crippen MR) is 103 cm³/mol. The second kappa shape index (κ2) is 12.3. The third-order valence-electron chi connectivity index (χ3n) is 5.99. The van der Waals surface area contributed by atoms with Crippen LogP contribution in [-0.2, 0) is 0 Å². The van der Waals surface area contributed by atoms with Gasteiger partial charge in [0.25, 0.3) is 0 Å². The summed E-state index contributed by atoms with van der Waals surface area (Å²) in [6, 6.07) is 0. The minimum atomic E-state index is -0.485. The van der Waals surface area contributed by atoms with Crippen LogP contribution >= 0.6 is 0 Å². The van der Waals surface area contributed by atoms with Crippen molar-refractivity contribution in [2.24, 2.45) is 11.8 Å². The first-order valence-corrected chi connectivity index (χ1v) is 10.8. The van der Waals surface area contributed by atoms with Crippen LogP contribution in [0.3, 0.4) is 0 Å². The van der Waals surface area contributed by atoms with Crippen LogP contribution in [-0.4, -0.2) is 10.7 Å². The number of hydrogen-bond acceptors (Lipinski definition) is 1. The maximum absolute atomic E-state index is 10.6. The molecule has 1 fully saturated rings. The summed E-state index contributed by atoms with van der Waals surface area (Å²) in [5.74, 6) is 1.30. The van der Waals surface area contributed by atoms with Gasteiger partial charge in [-0.1, -0.05) is 103 Å². The van der Waals surface area contributed by atoms with Crippen LogP contribution in [0.4, 0.5) is 0 Å². The van der Waals surface area contributed by atoms with Gasteiger partial charge in [-0.05, 0) is 32.1 Å². The van der Waals surface area contributed by atoms with Gasteiger partial charge in [0, 0.05) is 0 Å². The van der Waals surface area contributed by atoms with Crippen LogP contribution < -0.4 is 0 Å². The van der Waals surface area contributed by atoms with Crippen molar-refractivity contribution in [2.75, 3.05) is 0 Å². The molecule has 0 radical (unpaired) electrons. The van der Waals surface area contributed by atoms with Crippen LogP contribution in [0, 0.1) is 11.8 Å². The molecule has 0 aromatic carbocycles. The van der Waals surface area contributed by atoms with Gasteiger partial charge >= 0.3 is 0 Å². The second-order valence-corrected chi connectivity index (χ2v) is 8.63. The lowest BCUT2D eigenvalue weighted by Crippen LogP contribution is -2.37. The van der Waals surface area contributed by atoms with Crippen molar-refractivity contribution in [3.8, 4) is 0 Å². The van der Waals surface area contributed by atoms with Crippen molar-refractivity contribution in [2.45, 2.75) is 129 Å². The molecule has 1 aliphatic rings. The van der Waals surface area contributed by atoms with E-state index in [-0.39, 0.29) is 0 Å². The quantitative estimate of drug-likeness (QED) is 0.353. The Hall–Kier alpha value is -0.0400. The van der Waals surface area contributed by atoms with Crippen LogP contribution in [0.5, 0.6) is 0 Å². The number of rotatable bonds is 13. The summed E-state index contributed by atoms with van der Waals surface area (Å²) in [6.07, 6.45) is 22.1. The van der Waals surface area contributed by atoms with Gasteiger partial charge in [0.1, 0.15) is 0 Å². The van der Waals surface area contributed by atoms with Gasteiger partial charge < -0.3 is 5.11 Å². The molecule has 1 atom stereocenters. The minimum absolute atomic E-state index is 0.485. The summed E-state index contributed by atoms with van der Waals surface area (Å²) in [7, 11) is 0. The molecule has 0 saturated heterocycles. The summed E-state index contributed by atoms with van der Waals surface area (Å²) < 4.78 is 0. The lowest BCUT2D eigenvalue weighted by atomic mass is 9.71. The summed E-state index contributed by atoms with van der Waals surface area (Å²) in [5.41, 5.74) is -0.485. The molecule has 0 bridgehead atoms. The molecule has 0 spiro atoms. The van der Waals surface area contributed by atoms with Crippen LogP contribution in [0.25, 0.3) is 0 Å². The van der Waals surface area contributed by atoms with Gasteiger partial charge in [-0.25, -0.2) is 0 Å². The molecular weight excluding hydrogens is 280 g/mol. The van der Waals surface area contributed by atoms with Crippen LogP contribution in [0.2, 0.25) is 0 Å². The van der Waals surface area contributed by atoms with Crippen molar-refractivity contribution in [3.63, 3.8) is 0 Å². The Kier molecular flexibility index (Phi) is 11.3. The van der Waals surface area contributed by atoms with E-state index in [2.05, 4.69) is 6.92 Å². The first-order chi connectivity index (χ1) is 11.1. The fraction of sp³-hybridized carbons (Fsp3) is 1.00. The summed E-state index contributed by atoms with van der Waals surface area (Å²) >= 11 is 0. The molecule has 0 aliphatic heterocycles. The SMILES string of the molecule is CCCCCCCCCCCCC(C1CCCCC1)C(C)(C)O. The number of hydrogen-bond donors (Lipinski definition) is 1. The fourth-order valence-electron chi connectivity index (χ4n) is 4.55. The molecule has 1 rings (SSSR count). The van der Waals surface area contributed by atoms with Gasteiger partial charge in [0.2, 0.25) is 0 Å². The molecule has 1 N–H and O–H groups in total. The maximum Gasteiger partial charge on any atom is 0.0622 e. The normalized spacial score (nSPS) is 18.3. The van der Waals surface area contributed by atoms with Crippen LogP contribution in [0.15, 0.2) is 0 Å². The Morgan fingerprint density at radius 3 is 1.74 bits per heavy atom. The average Bonchev–Trinajstić information content (AvgIpc) is 2.52. The highest BCUT2D eigenvalue weighted by atomic mass is 16.3. The Bertz CT molecular complexity index is 260. The largest absolute Gasteiger partial charge is 0.390 e. The number of unbranched alkanes of at least 4 members (excludes halogenated alkanes) is 9. The van der Waals surface area contributed by atoms with Crippen molar-refractivity contribution in [1.82, 2.24) is 0 Å². The predicted octanol–water partition coefficient (Wildman–Crippen LogP) is 7.26. The molecule has 0 aromatic heterocycles. The zero-order valence-corrected chi connectivity index (χ0v) is 16.4. The zero-order valence-electron chi connectivity index (χ0n) is 16.4. The third kappa shape index (κ3) is 9.75. The van der Waals surface area contributed by atoms with E-state index in [0.29, 0.717) is 5.92 Å². The van der Waals surface area contributed by atoms with Gasteiger partial charge in [-0.15, -0.1) is 0 Å². The van der Waals surface area contributed by atoms with E-state index in [0.717, 1.165) is 5.92 Å². The van der Waals surface area contributed by atoms with Crippen molar-refractivity contribution < 1.29 is 5.11 Å². The van der Waals surface area contributed by atoms with E-state index in [1.54, 1.807) is 0 Å². The first kappa shape index (κ1) is 21.0. The van der Waals surface area contributed by atoms with Crippen molar-refractivity contribution in [1.29, 1.82) is 0 Å². The molecule has 23 heavy (non-hydrogen) atoms. The summed E-state index contributed by atoms with van der Waals surface area (Å²) in [4.78, 5) is 0. The average molecular weight is 325 g/mol. The summed E-state index contributed by atoms with van der Waals surface area (Å²) in [6.45, 7) is 6.37. The minimum Gasteiger partial charge on any atom is -0.390 e. The highest BCUT2D eigenvalue weighted by molar-refractivity contribution is 4.85. The van der Waals surface area contributed by atoms with E-state index in [4.69, 9.17) is 0 Å². The first-order valence-electron chi connectivity index (χ1n) is 10.8. The highest BCUT2D eigenvalue weighted by Gasteiger charge is 2.33. The topological polar surface area (TPSA) is 20.2 Å². The zero-order chi connectivity index (χ0) is 17.0. The monoisotopic (exact) mass is 324 g/mol. The standard InChI is InChI=1S/C22H44O/c1-4-5-6-7-8-9-10-11-12-16-19-21(22(2,3)23)20-17-14-13-15-18-20/h20-21,23H,4-19H2,1-3H3. The van der Waals surface area contributed by atoms with Crippen molar-refractivity contribution >= 4 is 0 Å². The third-order valence-corrected chi connectivity index (χ3v) is 5.99. The lowest BCUT2D eigenvalue weighted by Gasteiger charge is -2.38. The van der Waals surface area contributed by atoms with Crippen molar-refractivity contribution in [3.05, 3.63) is 0 Å². The van der Waals surface area contributed by atoms with E-state index in [9.17, 15) is 5.11 Å². The molecule has 1 aliphatic carbocycles. The number of aliphatic hydroxyl groups is 1. The van der Waals surface area contributed by atoms with Gasteiger partial charge in [-0.3, -0.25) is 0 Å². The smallest absolute Gasteiger partial charge is 0.0622 e. The van der Waals surface area contributed by atoms with E-state index >= 15 is 0 Å². The Morgan fingerprint density at radius 1 is 0.783 bits per heavy atom. The molecule has 1 nitrogen and oxygen atoms in total. The molecule has 138 valence electrons. The molecule has 0 heterocycles. The Morgan fingerprint density at radius 2 is 1.26 bits per heavy atom. The van der Waals surface area contributed by atoms with E-state index in [1.165, 1.54) is 103 Å². The molecule has 1 saturated carbocycles. The fourth-order valence-corrected chi connectivity index (χ4v) is 4.55. The highest BCUT2D eigenvalue weighted by Crippen LogP contribution is 2.38. The molecule has 0 amide bonds. The van der Waals surface area contributed by atoms with E-state index < -0.39 is 5.60 Å². The summed E-state index contributed by atoms with van der Waals surface area (Å²) in [5, 5.41) is 10.6. The van der Waals surface area contributed by atoms with Crippen LogP contribution in [0.1, 0.15) is 124 Å². The Labute approximate surface area is 146 Å². The van der Waals surface area contributed by atoms with Gasteiger partial charge in [-0.2, -0.15) is 0 Å².